The fraction of sp³-hybridized carbons (Fsp3) is 0.379. The first-order chi connectivity index (χ1) is 16.8. The summed E-state index contributed by atoms with van der Waals surface area (Å²) in [5, 5.41) is 0. The molecule has 1 aromatic carbocycles. The van der Waals surface area contributed by atoms with Crippen LogP contribution in [-0.2, 0) is 9.59 Å². The van der Waals surface area contributed by atoms with Gasteiger partial charge < -0.3 is 4.90 Å². The Kier molecular flexibility index (Phi) is 5.91. The molecule has 1 saturated carbocycles. The molecule has 6 nitrogen and oxygen atoms in total. The Hall–Kier alpha value is -3.54. The van der Waals surface area contributed by atoms with Crippen molar-refractivity contribution in [3.8, 4) is 11.1 Å². The molecule has 180 valence electrons. The van der Waals surface area contributed by atoms with E-state index in [1.807, 2.05) is 60.2 Å². The van der Waals surface area contributed by atoms with Crippen molar-refractivity contribution >= 4 is 29.8 Å². The second kappa shape index (κ2) is 8.91. The summed E-state index contributed by atoms with van der Waals surface area (Å²) in [6.45, 7) is 13.5. The van der Waals surface area contributed by atoms with Crippen molar-refractivity contribution in [3.05, 3.63) is 66.5 Å². The van der Waals surface area contributed by atoms with E-state index in [9.17, 15) is 9.59 Å². The number of pyridine rings is 1. The topological polar surface area (TPSA) is 65.9 Å². The van der Waals surface area contributed by atoms with Crippen LogP contribution >= 0.6 is 0 Å². The number of rotatable bonds is 7. The van der Waals surface area contributed by atoms with Crippen molar-refractivity contribution < 1.29 is 9.59 Å². The smallest absolute Gasteiger partial charge is 0.255 e. The second-order valence-corrected chi connectivity index (χ2v) is 10.3. The van der Waals surface area contributed by atoms with E-state index in [1.54, 1.807) is 12.2 Å². The standard InChI is InChI=1S/C29H32N4O2/c1-5-20-15-24(16-30-25(20)6-2)21-7-9-22(10-8-21)26-31-29(3,4)28(35)33(26)18-19-13-14-32(17-19)27(34)23-11-12-23/h5-10,15-16,19,23H,1-2,11-14,17-18H2,3-4H3. The minimum absolute atomic E-state index is 0.0170. The Morgan fingerprint density at radius 3 is 2.46 bits per heavy atom. The lowest BCUT2D eigenvalue weighted by atomic mass is 10.0. The van der Waals surface area contributed by atoms with Gasteiger partial charge in [0.2, 0.25) is 5.91 Å². The number of carbonyl (C=O) groups excluding carboxylic acids is 2. The molecule has 2 fully saturated rings. The lowest BCUT2D eigenvalue weighted by Crippen LogP contribution is -2.42. The maximum absolute atomic E-state index is 13.3. The molecule has 1 aromatic heterocycles. The van der Waals surface area contributed by atoms with Crippen molar-refractivity contribution in [2.45, 2.75) is 38.6 Å². The highest BCUT2D eigenvalue weighted by Crippen LogP contribution is 2.34. The van der Waals surface area contributed by atoms with Crippen molar-refractivity contribution in [1.82, 2.24) is 14.8 Å². The first-order valence-corrected chi connectivity index (χ1v) is 12.4. The van der Waals surface area contributed by atoms with Gasteiger partial charge in [-0.3, -0.25) is 24.5 Å². The quantitative estimate of drug-likeness (QED) is 0.594. The van der Waals surface area contributed by atoms with Crippen LogP contribution in [0.3, 0.4) is 0 Å². The second-order valence-electron chi connectivity index (χ2n) is 10.3. The lowest BCUT2D eigenvalue weighted by Gasteiger charge is -2.24. The van der Waals surface area contributed by atoms with Gasteiger partial charge in [0.1, 0.15) is 11.4 Å². The third-order valence-electron chi connectivity index (χ3n) is 7.21. The summed E-state index contributed by atoms with van der Waals surface area (Å²) in [4.78, 5) is 38.9. The van der Waals surface area contributed by atoms with Gasteiger partial charge in [0.05, 0.1) is 5.69 Å². The van der Waals surface area contributed by atoms with Crippen LogP contribution in [0.4, 0.5) is 0 Å². The molecule has 2 aromatic rings. The zero-order chi connectivity index (χ0) is 24.7. The van der Waals surface area contributed by atoms with Gasteiger partial charge in [-0.25, -0.2) is 0 Å². The minimum Gasteiger partial charge on any atom is -0.342 e. The highest BCUT2D eigenvalue weighted by molar-refractivity contribution is 6.15. The zero-order valence-electron chi connectivity index (χ0n) is 20.5. The molecule has 3 heterocycles. The van der Waals surface area contributed by atoms with Crippen LogP contribution in [0, 0.1) is 11.8 Å². The number of hydrogen-bond acceptors (Lipinski definition) is 4. The van der Waals surface area contributed by atoms with E-state index in [-0.39, 0.29) is 17.7 Å². The fourth-order valence-electron chi connectivity index (χ4n) is 5.01. The number of aromatic nitrogens is 1. The maximum atomic E-state index is 13.3. The summed E-state index contributed by atoms with van der Waals surface area (Å²) in [7, 11) is 0. The molecule has 1 saturated heterocycles. The molecule has 3 aliphatic rings. The van der Waals surface area contributed by atoms with E-state index in [1.165, 1.54) is 0 Å². The van der Waals surface area contributed by atoms with E-state index < -0.39 is 5.54 Å². The van der Waals surface area contributed by atoms with E-state index in [4.69, 9.17) is 4.99 Å². The molecular weight excluding hydrogens is 436 g/mol. The summed E-state index contributed by atoms with van der Waals surface area (Å²) in [5.41, 5.74) is 3.88. The predicted molar refractivity (Wildman–Crippen MR) is 140 cm³/mol. The number of amidine groups is 1. The molecule has 0 radical (unpaired) electrons. The van der Waals surface area contributed by atoms with Crippen LogP contribution < -0.4 is 0 Å². The molecule has 0 N–H and O–H groups in total. The molecule has 2 amide bonds. The largest absolute Gasteiger partial charge is 0.342 e. The summed E-state index contributed by atoms with van der Waals surface area (Å²) in [6.07, 6.45) is 8.31. The molecule has 5 rings (SSSR count). The SMILES string of the molecule is C=Cc1cc(-c2ccc(C3=NC(C)(C)C(=O)N3CC3CCN(C(=O)C4CC4)C3)cc2)cnc1C=C. The Morgan fingerprint density at radius 2 is 1.80 bits per heavy atom. The lowest BCUT2D eigenvalue weighted by molar-refractivity contribution is -0.131. The molecule has 35 heavy (non-hydrogen) atoms. The van der Waals surface area contributed by atoms with Crippen LogP contribution in [-0.4, -0.2) is 57.6 Å². The fourth-order valence-corrected chi connectivity index (χ4v) is 5.01. The van der Waals surface area contributed by atoms with Gasteiger partial charge in [0.15, 0.2) is 0 Å². The van der Waals surface area contributed by atoms with E-state index in [0.29, 0.717) is 18.3 Å². The third kappa shape index (κ3) is 4.45. The van der Waals surface area contributed by atoms with Crippen molar-refractivity contribution in [2.24, 2.45) is 16.8 Å². The first kappa shape index (κ1) is 23.2. The van der Waals surface area contributed by atoms with Crippen LogP contribution in [0.1, 0.15) is 49.9 Å². The molecule has 0 spiro atoms. The number of aliphatic imine (C=N–C) groups is 1. The molecule has 6 heteroatoms. The van der Waals surface area contributed by atoms with Crippen LogP contribution in [0.25, 0.3) is 23.3 Å². The zero-order valence-corrected chi connectivity index (χ0v) is 20.5. The number of amides is 2. The molecule has 1 atom stereocenters. The Morgan fingerprint density at radius 1 is 1.09 bits per heavy atom. The predicted octanol–water partition coefficient (Wildman–Crippen LogP) is 4.66. The van der Waals surface area contributed by atoms with Gasteiger partial charge in [-0.05, 0) is 56.7 Å². The monoisotopic (exact) mass is 468 g/mol. The molecule has 0 bridgehead atoms. The van der Waals surface area contributed by atoms with Gasteiger partial charge >= 0.3 is 0 Å². The molecule has 1 unspecified atom stereocenters. The maximum Gasteiger partial charge on any atom is 0.255 e. The molecule has 2 aliphatic heterocycles. The van der Waals surface area contributed by atoms with Gasteiger partial charge in [-0.1, -0.05) is 43.5 Å². The van der Waals surface area contributed by atoms with E-state index in [2.05, 4.69) is 18.1 Å². The normalized spacial score (nSPS) is 21.3. The Balaban J connectivity index is 1.35. The minimum atomic E-state index is -0.792. The summed E-state index contributed by atoms with van der Waals surface area (Å²) >= 11 is 0. The Bertz CT molecular complexity index is 1220. The van der Waals surface area contributed by atoms with Gasteiger partial charge in [0, 0.05) is 48.4 Å². The highest BCUT2D eigenvalue weighted by atomic mass is 16.2. The van der Waals surface area contributed by atoms with Crippen LogP contribution in [0.15, 0.2) is 54.7 Å². The number of benzene rings is 1. The van der Waals surface area contributed by atoms with Crippen LogP contribution in [0.5, 0.6) is 0 Å². The average molecular weight is 469 g/mol. The van der Waals surface area contributed by atoms with Crippen LogP contribution in [0.2, 0.25) is 0 Å². The molecular formula is C29H32N4O2. The van der Waals surface area contributed by atoms with Crippen molar-refractivity contribution in [3.63, 3.8) is 0 Å². The van der Waals surface area contributed by atoms with Crippen molar-refractivity contribution in [2.75, 3.05) is 19.6 Å². The first-order valence-electron chi connectivity index (χ1n) is 12.4. The molecule has 1 aliphatic carbocycles. The average Bonchev–Trinajstić information content (AvgIpc) is 3.57. The van der Waals surface area contributed by atoms with Gasteiger partial charge in [-0.2, -0.15) is 0 Å². The Labute approximate surface area is 207 Å². The summed E-state index contributed by atoms with van der Waals surface area (Å²) < 4.78 is 0. The van der Waals surface area contributed by atoms with E-state index in [0.717, 1.165) is 60.3 Å². The summed E-state index contributed by atoms with van der Waals surface area (Å²) in [6, 6.07) is 10.2. The highest BCUT2D eigenvalue weighted by Gasteiger charge is 2.43. The number of carbonyl (C=O) groups is 2. The number of likely N-dealkylation sites (tertiary alicyclic amines) is 1. The van der Waals surface area contributed by atoms with E-state index >= 15 is 0 Å². The van der Waals surface area contributed by atoms with Gasteiger partial charge in [0.25, 0.3) is 5.91 Å². The summed E-state index contributed by atoms with van der Waals surface area (Å²) in [5.74, 6) is 1.53. The van der Waals surface area contributed by atoms with Crippen molar-refractivity contribution in [1.29, 1.82) is 0 Å². The number of hydrogen-bond donors (Lipinski definition) is 0. The number of nitrogens with zero attached hydrogens (tertiary/aromatic N) is 4. The van der Waals surface area contributed by atoms with Gasteiger partial charge in [-0.15, -0.1) is 0 Å². The third-order valence-corrected chi connectivity index (χ3v) is 7.21.